The Morgan fingerprint density at radius 3 is 2.37 bits per heavy atom. The van der Waals surface area contributed by atoms with Crippen LogP contribution in [0.4, 0.5) is 0 Å². The van der Waals surface area contributed by atoms with E-state index in [1.807, 2.05) is 78.5 Å². The Morgan fingerprint density at radius 1 is 0.953 bits per heavy atom. The van der Waals surface area contributed by atoms with Crippen LogP contribution in [0, 0.1) is 6.92 Å². The molecule has 0 saturated heterocycles. The Balaban J connectivity index is 1.40. The van der Waals surface area contributed by atoms with Crippen molar-refractivity contribution in [1.29, 1.82) is 0 Å². The van der Waals surface area contributed by atoms with Crippen molar-refractivity contribution in [1.82, 2.24) is 24.4 Å². The van der Waals surface area contributed by atoms with Crippen LogP contribution in [0.1, 0.15) is 57.2 Å². The van der Waals surface area contributed by atoms with Crippen molar-refractivity contribution in [2.45, 2.75) is 52.9 Å². The summed E-state index contributed by atoms with van der Waals surface area (Å²) in [6.07, 6.45) is 5.96. The molecule has 218 valence electrons. The van der Waals surface area contributed by atoms with Gasteiger partial charge in [-0.05, 0) is 66.3 Å². The lowest BCUT2D eigenvalue weighted by Crippen LogP contribution is -2.23. The van der Waals surface area contributed by atoms with Crippen LogP contribution in [-0.2, 0) is 5.41 Å². The number of aromatic nitrogens is 5. The zero-order chi connectivity index (χ0) is 30.1. The summed E-state index contributed by atoms with van der Waals surface area (Å²) in [4.78, 5) is 18.8. The molecule has 0 radical (unpaired) electrons. The number of hydrogen-bond acceptors (Lipinski definition) is 6. The van der Waals surface area contributed by atoms with E-state index in [-0.39, 0.29) is 11.0 Å². The average molecular weight is 590 g/mol. The van der Waals surface area contributed by atoms with E-state index in [9.17, 15) is 4.79 Å². The second-order valence-corrected chi connectivity index (χ2v) is 12.8. The van der Waals surface area contributed by atoms with E-state index in [1.165, 1.54) is 21.4 Å². The third-order valence-corrected chi connectivity index (χ3v) is 8.40. The van der Waals surface area contributed by atoms with Crippen LogP contribution in [0.25, 0.3) is 39.4 Å². The maximum atomic E-state index is 13.5. The molecule has 6 aromatic rings. The predicted molar refractivity (Wildman–Crippen MR) is 174 cm³/mol. The predicted octanol–water partition coefficient (Wildman–Crippen LogP) is 7.00. The number of hydrogen-bond donors (Lipinski definition) is 0. The number of para-hydroxylation sites is 1. The van der Waals surface area contributed by atoms with Gasteiger partial charge in [0, 0.05) is 22.9 Å². The first-order valence-corrected chi connectivity index (χ1v) is 15.4. The molecule has 3 aromatic heterocycles. The van der Waals surface area contributed by atoms with Gasteiger partial charge in [0.15, 0.2) is 5.82 Å². The van der Waals surface area contributed by atoms with Gasteiger partial charge >= 0.3 is 0 Å². The molecule has 3 aromatic carbocycles. The van der Waals surface area contributed by atoms with E-state index in [0.29, 0.717) is 21.9 Å². The molecule has 0 bridgehead atoms. The first kappa shape index (κ1) is 28.6. The fraction of sp³-hybridized carbons (Fsp3) is 0.257. The molecule has 43 heavy (non-hydrogen) atoms. The number of aryl methyl sites for hydroxylation is 1. The molecule has 3 heterocycles. The molecule has 0 N–H and O–H groups in total. The molecule has 0 atom stereocenters. The number of ether oxygens (including phenoxy) is 1. The van der Waals surface area contributed by atoms with Crippen molar-refractivity contribution in [2.75, 3.05) is 6.61 Å². The molecule has 0 aliphatic heterocycles. The van der Waals surface area contributed by atoms with Crippen molar-refractivity contribution in [2.24, 2.45) is 0 Å². The SMILES string of the molecule is CCCCOc1ccc(-c2nn(-c3ccccc3)cc2/C=c2\sc3nc(-c4ccc(C(C)(C)C)cc4)nn3c2=O)cc1C. The maximum absolute atomic E-state index is 13.5. The fourth-order valence-electron chi connectivity index (χ4n) is 4.93. The minimum absolute atomic E-state index is 0.0593. The first-order valence-electron chi connectivity index (χ1n) is 14.6. The van der Waals surface area contributed by atoms with Gasteiger partial charge in [-0.15, -0.1) is 5.10 Å². The normalized spacial score (nSPS) is 12.3. The standard InChI is InChI=1S/C35H35N5O2S/c1-6-7-19-42-29-18-15-25(20-23(29)2)31-26(22-39(37-31)28-11-9-8-10-12-28)21-30-33(41)40-34(43-30)36-32(38-40)24-13-16-27(17-14-24)35(3,4)5/h8-18,20-22H,6-7,19H2,1-5H3/b30-21-. The van der Waals surface area contributed by atoms with Gasteiger partial charge in [-0.2, -0.15) is 14.6 Å². The summed E-state index contributed by atoms with van der Waals surface area (Å²) in [7, 11) is 0. The molecule has 0 spiro atoms. The highest BCUT2D eigenvalue weighted by Gasteiger charge is 2.17. The Hall–Kier alpha value is -4.56. The minimum atomic E-state index is -0.195. The second kappa shape index (κ2) is 11.6. The summed E-state index contributed by atoms with van der Waals surface area (Å²) in [5.41, 5.74) is 6.54. The number of unbranched alkanes of at least 4 members (excludes halogenated alkanes) is 1. The quantitative estimate of drug-likeness (QED) is 0.179. The smallest absolute Gasteiger partial charge is 0.291 e. The van der Waals surface area contributed by atoms with Gasteiger partial charge in [-0.3, -0.25) is 4.79 Å². The number of fused-ring (bicyclic) bond motifs is 1. The van der Waals surface area contributed by atoms with E-state index in [2.05, 4.69) is 51.0 Å². The molecule has 0 aliphatic rings. The van der Waals surface area contributed by atoms with Gasteiger partial charge in [0.25, 0.3) is 5.56 Å². The van der Waals surface area contributed by atoms with Crippen LogP contribution < -0.4 is 14.8 Å². The van der Waals surface area contributed by atoms with E-state index >= 15 is 0 Å². The van der Waals surface area contributed by atoms with Crippen molar-refractivity contribution in [3.05, 3.63) is 111 Å². The van der Waals surface area contributed by atoms with E-state index in [0.717, 1.165) is 52.2 Å². The number of thiazole rings is 1. The zero-order valence-electron chi connectivity index (χ0n) is 25.2. The lowest BCUT2D eigenvalue weighted by Gasteiger charge is -2.18. The highest BCUT2D eigenvalue weighted by Crippen LogP contribution is 2.30. The summed E-state index contributed by atoms with van der Waals surface area (Å²) >= 11 is 1.33. The van der Waals surface area contributed by atoms with Crippen molar-refractivity contribution in [3.8, 4) is 34.1 Å². The molecule has 8 heteroatoms. The lowest BCUT2D eigenvalue weighted by molar-refractivity contribution is 0.307. The van der Waals surface area contributed by atoms with Crippen LogP contribution in [0.15, 0.2) is 83.8 Å². The Morgan fingerprint density at radius 2 is 1.70 bits per heavy atom. The molecule has 0 saturated carbocycles. The van der Waals surface area contributed by atoms with E-state index < -0.39 is 0 Å². The second-order valence-electron chi connectivity index (χ2n) is 11.8. The summed E-state index contributed by atoms with van der Waals surface area (Å²) in [5, 5.41) is 9.52. The Labute approximate surface area is 255 Å². The summed E-state index contributed by atoms with van der Waals surface area (Å²) < 4.78 is 9.78. The summed E-state index contributed by atoms with van der Waals surface area (Å²) in [6, 6.07) is 24.3. The largest absolute Gasteiger partial charge is 0.493 e. The molecular formula is C35H35N5O2S. The molecule has 0 aliphatic carbocycles. The highest BCUT2D eigenvalue weighted by atomic mass is 32.1. The topological polar surface area (TPSA) is 74.3 Å². The van der Waals surface area contributed by atoms with Crippen molar-refractivity contribution < 1.29 is 4.74 Å². The van der Waals surface area contributed by atoms with Crippen LogP contribution in [-0.4, -0.2) is 31.0 Å². The van der Waals surface area contributed by atoms with Gasteiger partial charge < -0.3 is 4.74 Å². The first-order chi connectivity index (χ1) is 20.7. The number of rotatable bonds is 8. The van der Waals surface area contributed by atoms with Gasteiger partial charge in [0.05, 0.1) is 16.8 Å². The lowest BCUT2D eigenvalue weighted by atomic mass is 9.87. The van der Waals surface area contributed by atoms with E-state index in [1.54, 1.807) is 0 Å². The number of nitrogens with zero attached hydrogens (tertiary/aromatic N) is 5. The monoisotopic (exact) mass is 589 g/mol. The van der Waals surface area contributed by atoms with Crippen LogP contribution >= 0.6 is 11.3 Å². The number of benzene rings is 3. The minimum Gasteiger partial charge on any atom is -0.493 e. The van der Waals surface area contributed by atoms with Gasteiger partial charge in [-0.1, -0.05) is 87.9 Å². The molecule has 0 fully saturated rings. The molecule has 0 unspecified atom stereocenters. The summed E-state index contributed by atoms with van der Waals surface area (Å²) in [6.45, 7) is 11.4. The highest BCUT2D eigenvalue weighted by molar-refractivity contribution is 7.15. The van der Waals surface area contributed by atoms with Crippen LogP contribution in [0.5, 0.6) is 5.75 Å². The van der Waals surface area contributed by atoms with Gasteiger partial charge in [0.1, 0.15) is 11.4 Å². The zero-order valence-corrected chi connectivity index (χ0v) is 26.0. The van der Waals surface area contributed by atoms with Crippen molar-refractivity contribution >= 4 is 22.4 Å². The average Bonchev–Trinajstić information content (AvgIpc) is 3.69. The summed E-state index contributed by atoms with van der Waals surface area (Å²) in [5.74, 6) is 1.42. The third kappa shape index (κ3) is 5.88. The van der Waals surface area contributed by atoms with Gasteiger partial charge in [-0.25, -0.2) is 4.68 Å². The van der Waals surface area contributed by atoms with E-state index in [4.69, 9.17) is 14.8 Å². The Kier molecular flexibility index (Phi) is 7.71. The molecule has 6 rings (SSSR count). The Bertz CT molecular complexity index is 2000. The molecule has 7 nitrogen and oxygen atoms in total. The van der Waals surface area contributed by atoms with Gasteiger partial charge in [0.2, 0.25) is 4.96 Å². The van der Waals surface area contributed by atoms with Crippen LogP contribution in [0.3, 0.4) is 0 Å². The fourth-order valence-corrected chi connectivity index (χ4v) is 5.83. The maximum Gasteiger partial charge on any atom is 0.291 e. The third-order valence-electron chi connectivity index (χ3n) is 7.44. The van der Waals surface area contributed by atoms with Crippen molar-refractivity contribution in [3.63, 3.8) is 0 Å². The molecule has 0 amide bonds. The van der Waals surface area contributed by atoms with Crippen LogP contribution in [0.2, 0.25) is 0 Å². The molecular weight excluding hydrogens is 554 g/mol.